The predicted octanol–water partition coefficient (Wildman–Crippen LogP) is 2.97. The van der Waals surface area contributed by atoms with Crippen molar-refractivity contribution in [3.8, 4) is 5.75 Å². The van der Waals surface area contributed by atoms with E-state index >= 15 is 0 Å². The maximum absolute atomic E-state index is 5.97. The predicted molar refractivity (Wildman–Crippen MR) is 112 cm³/mol. The van der Waals surface area contributed by atoms with Crippen molar-refractivity contribution in [3.63, 3.8) is 0 Å². The topological polar surface area (TPSA) is 76.4 Å². The van der Waals surface area contributed by atoms with Gasteiger partial charge in [0.2, 0.25) is 0 Å². The molecule has 2 N–H and O–H groups in total. The van der Waals surface area contributed by atoms with E-state index in [4.69, 9.17) is 9.73 Å². The van der Waals surface area contributed by atoms with E-state index in [1.807, 2.05) is 13.8 Å². The van der Waals surface area contributed by atoms with Crippen LogP contribution in [0.3, 0.4) is 0 Å². The first-order valence-electron chi connectivity index (χ1n) is 10.3. The number of benzene rings is 1. The van der Waals surface area contributed by atoms with Gasteiger partial charge in [-0.3, -0.25) is 0 Å². The molecule has 7 nitrogen and oxygen atoms in total. The molecule has 0 radical (unpaired) electrons. The van der Waals surface area contributed by atoms with Gasteiger partial charge in [0.25, 0.3) is 0 Å². The lowest BCUT2D eigenvalue weighted by Gasteiger charge is -2.17. The molecule has 0 bridgehead atoms. The van der Waals surface area contributed by atoms with Gasteiger partial charge >= 0.3 is 0 Å². The minimum absolute atomic E-state index is 0.134. The summed E-state index contributed by atoms with van der Waals surface area (Å²) >= 11 is 0. The molecule has 28 heavy (non-hydrogen) atoms. The first-order chi connectivity index (χ1) is 13.6. The zero-order chi connectivity index (χ0) is 19.9. The van der Waals surface area contributed by atoms with Gasteiger partial charge in [-0.1, -0.05) is 12.1 Å². The third-order valence-corrected chi connectivity index (χ3v) is 4.69. The van der Waals surface area contributed by atoms with E-state index in [1.165, 1.54) is 18.4 Å². The highest BCUT2D eigenvalue weighted by Gasteiger charge is 2.15. The quantitative estimate of drug-likeness (QED) is 0.567. The fourth-order valence-electron chi connectivity index (χ4n) is 3.32. The number of nitrogens with one attached hydrogen (secondary N) is 2. The molecule has 0 fully saturated rings. The van der Waals surface area contributed by atoms with Crippen LogP contribution >= 0.6 is 0 Å². The molecular weight excluding hydrogens is 352 g/mol. The molecule has 152 valence electrons. The normalized spacial score (nSPS) is 14.1. The minimum Gasteiger partial charge on any atom is -0.491 e. The zero-order valence-electron chi connectivity index (χ0n) is 17.5. The second-order valence-electron chi connectivity index (χ2n) is 7.47. The highest BCUT2D eigenvalue weighted by Crippen LogP contribution is 2.22. The Labute approximate surface area is 167 Å². The number of fused-ring (bicyclic) bond motifs is 1. The Balaban J connectivity index is 1.68. The monoisotopic (exact) mass is 384 g/mol. The lowest BCUT2D eigenvalue weighted by molar-refractivity contribution is 0.240. The second kappa shape index (κ2) is 9.57. The van der Waals surface area contributed by atoms with Gasteiger partial charge in [0.1, 0.15) is 11.6 Å². The molecule has 0 saturated carbocycles. The summed E-state index contributed by atoms with van der Waals surface area (Å²) in [7, 11) is 0. The van der Waals surface area contributed by atoms with Crippen LogP contribution < -0.4 is 15.4 Å². The van der Waals surface area contributed by atoms with Crippen molar-refractivity contribution in [2.45, 2.75) is 72.7 Å². The highest BCUT2D eigenvalue weighted by atomic mass is 16.5. The number of hydrogen-bond acceptors (Lipinski definition) is 4. The average molecular weight is 385 g/mol. The summed E-state index contributed by atoms with van der Waals surface area (Å²) < 4.78 is 8.20. The fraction of sp³-hybridized carbons (Fsp3) is 0.571. The minimum atomic E-state index is 0.134. The van der Waals surface area contributed by atoms with E-state index in [0.717, 1.165) is 48.4 Å². The Morgan fingerprint density at radius 3 is 2.89 bits per heavy atom. The second-order valence-corrected chi connectivity index (χ2v) is 7.47. The molecule has 1 aliphatic heterocycles. The van der Waals surface area contributed by atoms with Crippen LogP contribution in [0.4, 0.5) is 0 Å². The summed E-state index contributed by atoms with van der Waals surface area (Å²) in [6.45, 7) is 11.2. The molecule has 0 unspecified atom stereocenters. The third kappa shape index (κ3) is 5.24. The van der Waals surface area contributed by atoms with E-state index in [2.05, 4.69) is 57.4 Å². The number of nitrogens with zero attached hydrogens (tertiary/aromatic N) is 4. The van der Waals surface area contributed by atoms with Crippen LogP contribution in [-0.2, 0) is 26.1 Å². The molecular formula is C21H32N6O. The fourth-order valence-corrected chi connectivity index (χ4v) is 3.32. The van der Waals surface area contributed by atoms with Crippen molar-refractivity contribution in [3.05, 3.63) is 41.0 Å². The van der Waals surface area contributed by atoms with E-state index in [9.17, 15) is 0 Å². The largest absolute Gasteiger partial charge is 0.491 e. The Kier molecular flexibility index (Phi) is 6.90. The summed E-state index contributed by atoms with van der Waals surface area (Å²) in [6, 6.07) is 6.27. The van der Waals surface area contributed by atoms with Gasteiger partial charge in [-0.15, -0.1) is 10.2 Å². The van der Waals surface area contributed by atoms with Crippen LogP contribution in [0.5, 0.6) is 5.75 Å². The molecule has 1 aromatic heterocycles. The molecule has 2 aromatic rings. The molecule has 1 aromatic carbocycles. The van der Waals surface area contributed by atoms with Gasteiger partial charge in [-0.05, 0) is 52.2 Å². The molecule has 1 aliphatic rings. The number of rotatable bonds is 7. The number of ether oxygens (including phenoxy) is 1. The van der Waals surface area contributed by atoms with Crippen LogP contribution in [0.25, 0.3) is 0 Å². The van der Waals surface area contributed by atoms with Crippen LogP contribution in [0, 0.1) is 6.92 Å². The molecule has 3 rings (SSSR count). The first kappa shape index (κ1) is 20.2. The van der Waals surface area contributed by atoms with Crippen molar-refractivity contribution in [1.29, 1.82) is 0 Å². The van der Waals surface area contributed by atoms with E-state index < -0.39 is 0 Å². The smallest absolute Gasteiger partial charge is 0.191 e. The SMILES string of the molecule is CCNC(=NCc1ccc(C)cc1OC(C)C)NCc1nnc2n1CCCC2. The molecule has 0 amide bonds. The molecule has 0 saturated heterocycles. The zero-order valence-corrected chi connectivity index (χ0v) is 17.5. The standard InChI is InChI=1S/C21H32N6O/c1-5-22-21(24-14-20-26-25-19-8-6-7-11-27(19)20)23-13-17-10-9-16(4)12-18(17)28-15(2)3/h9-10,12,15H,5-8,11,13-14H2,1-4H3,(H2,22,23,24). The van der Waals surface area contributed by atoms with Gasteiger partial charge in [0.05, 0.1) is 19.2 Å². The highest BCUT2D eigenvalue weighted by molar-refractivity contribution is 5.79. The van der Waals surface area contributed by atoms with E-state index in [-0.39, 0.29) is 6.10 Å². The maximum atomic E-state index is 5.97. The number of hydrogen-bond donors (Lipinski definition) is 2. The molecule has 0 aliphatic carbocycles. The van der Waals surface area contributed by atoms with Gasteiger partial charge in [-0.25, -0.2) is 4.99 Å². The van der Waals surface area contributed by atoms with Crippen molar-refractivity contribution in [2.75, 3.05) is 6.54 Å². The number of guanidine groups is 1. The van der Waals surface area contributed by atoms with Crippen LogP contribution in [-0.4, -0.2) is 33.4 Å². The van der Waals surface area contributed by atoms with Gasteiger partial charge in [-0.2, -0.15) is 0 Å². The van der Waals surface area contributed by atoms with Crippen LogP contribution in [0.1, 0.15) is 56.4 Å². The summed E-state index contributed by atoms with van der Waals surface area (Å²) in [5.41, 5.74) is 2.27. The third-order valence-electron chi connectivity index (χ3n) is 4.69. The maximum Gasteiger partial charge on any atom is 0.191 e. The molecule has 2 heterocycles. The Bertz CT molecular complexity index is 811. The lowest BCUT2D eigenvalue weighted by Crippen LogP contribution is -2.37. The first-order valence-corrected chi connectivity index (χ1v) is 10.3. The average Bonchev–Trinajstić information content (AvgIpc) is 3.08. The number of aryl methyl sites for hydroxylation is 2. The van der Waals surface area contributed by atoms with Gasteiger partial charge in [0.15, 0.2) is 11.8 Å². The lowest BCUT2D eigenvalue weighted by atomic mass is 10.1. The van der Waals surface area contributed by atoms with E-state index in [0.29, 0.717) is 13.1 Å². The van der Waals surface area contributed by atoms with Crippen LogP contribution in [0.15, 0.2) is 23.2 Å². The molecule has 7 heteroatoms. The molecule has 0 atom stereocenters. The van der Waals surface area contributed by atoms with Gasteiger partial charge in [0, 0.05) is 25.1 Å². The van der Waals surface area contributed by atoms with Gasteiger partial charge < -0.3 is 19.9 Å². The van der Waals surface area contributed by atoms with Crippen molar-refractivity contribution in [1.82, 2.24) is 25.4 Å². The number of aromatic nitrogens is 3. The summed E-state index contributed by atoms with van der Waals surface area (Å²) in [5.74, 6) is 3.74. The number of aliphatic imine (C=N–C) groups is 1. The molecule has 0 spiro atoms. The van der Waals surface area contributed by atoms with Crippen molar-refractivity contribution in [2.24, 2.45) is 4.99 Å². The summed E-state index contributed by atoms with van der Waals surface area (Å²) in [6.07, 6.45) is 3.55. The Hall–Kier alpha value is -2.57. The van der Waals surface area contributed by atoms with Crippen molar-refractivity contribution >= 4 is 5.96 Å². The summed E-state index contributed by atoms with van der Waals surface area (Å²) in [4.78, 5) is 4.75. The summed E-state index contributed by atoms with van der Waals surface area (Å²) in [5, 5.41) is 15.4. The van der Waals surface area contributed by atoms with Crippen molar-refractivity contribution < 1.29 is 4.74 Å². The Morgan fingerprint density at radius 2 is 2.11 bits per heavy atom. The van der Waals surface area contributed by atoms with E-state index in [1.54, 1.807) is 0 Å². The van der Waals surface area contributed by atoms with Crippen LogP contribution in [0.2, 0.25) is 0 Å². The Morgan fingerprint density at radius 1 is 1.25 bits per heavy atom.